The van der Waals surface area contributed by atoms with Gasteiger partial charge in [0.1, 0.15) is 5.04 Å². The fourth-order valence-electron chi connectivity index (χ4n) is 0.927. The van der Waals surface area contributed by atoms with E-state index in [-0.39, 0.29) is 0 Å². The summed E-state index contributed by atoms with van der Waals surface area (Å²) < 4.78 is 13.7. The smallest absolute Gasteiger partial charge is 0.326 e. The van der Waals surface area contributed by atoms with Gasteiger partial charge in [-0.25, -0.2) is 4.79 Å². The highest BCUT2D eigenvalue weighted by Gasteiger charge is 2.24. The van der Waals surface area contributed by atoms with Crippen LogP contribution in [0.15, 0.2) is 5.16 Å². The van der Waals surface area contributed by atoms with Crippen molar-refractivity contribution < 1.29 is 18.7 Å². The molecule has 1 heterocycles. The highest BCUT2D eigenvalue weighted by atomic mass is 32.5. The number of amides is 1. The van der Waals surface area contributed by atoms with Crippen LogP contribution in [0.1, 0.15) is 6.92 Å². The Balaban J connectivity index is 2.04. The predicted octanol–water partition coefficient (Wildman–Crippen LogP) is 1.92. The van der Waals surface area contributed by atoms with Crippen LogP contribution in [-0.4, -0.2) is 42.8 Å². The molecule has 0 aromatic rings. The Kier molecular flexibility index (Phi) is 8.31. The maximum atomic E-state index is 11.2. The molecule has 1 amide bonds. The number of nitrogens with one attached hydrogen (secondary N) is 2. The summed E-state index contributed by atoms with van der Waals surface area (Å²) in [5.74, 6) is 0.335. The van der Waals surface area contributed by atoms with Gasteiger partial charge in [0.2, 0.25) is 6.49 Å². The number of carbonyl (C=O) groups excluding carboxylic acids is 1. The van der Waals surface area contributed by atoms with Crippen molar-refractivity contribution in [2.75, 3.05) is 31.6 Å². The van der Waals surface area contributed by atoms with Gasteiger partial charge in [-0.2, -0.15) is 0 Å². The van der Waals surface area contributed by atoms with Crippen LogP contribution in [0.2, 0.25) is 0 Å². The minimum Gasteiger partial charge on any atom is -0.326 e. The number of nitrogens with zero attached hydrogens (tertiary/aromatic N) is 1. The van der Waals surface area contributed by atoms with Gasteiger partial charge in [0.05, 0.1) is 25.4 Å². The topological polar surface area (TPSA) is 81.2 Å². The van der Waals surface area contributed by atoms with E-state index in [4.69, 9.17) is 20.9 Å². The van der Waals surface area contributed by atoms with Gasteiger partial charge in [-0.3, -0.25) is 9.56 Å². The molecule has 0 spiro atoms. The largest absolute Gasteiger partial charge is 0.434 e. The lowest BCUT2D eigenvalue weighted by Crippen LogP contribution is -2.24. The average Bonchev–Trinajstić information content (AvgIpc) is 2.82. The molecule has 1 rings (SSSR count). The van der Waals surface area contributed by atoms with E-state index in [1.807, 2.05) is 6.26 Å². The van der Waals surface area contributed by atoms with E-state index in [0.717, 1.165) is 0 Å². The van der Waals surface area contributed by atoms with E-state index in [0.29, 0.717) is 30.4 Å². The molecule has 7 nitrogen and oxygen atoms in total. The molecule has 1 saturated heterocycles. The summed E-state index contributed by atoms with van der Waals surface area (Å²) in [4.78, 5) is 15.8. The molecule has 19 heavy (non-hydrogen) atoms. The number of hydrogen-bond donors (Lipinski definition) is 2. The van der Waals surface area contributed by atoms with Crippen LogP contribution in [0.5, 0.6) is 0 Å². The van der Waals surface area contributed by atoms with Crippen LogP contribution < -0.4 is 10.0 Å². The highest BCUT2D eigenvalue weighted by molar-refractivity contribution is 8.13. The first-order valence-electron chi connectivity index (χ1n) is 5.32. The molecule has 11 heteroatoms. The van der Waals surface area contributed by atoms with Crippen molar-refractivity contribution in [2.24, 2.45) is 5.16 Å². The maximum Gasteiger partial charge on any atom is 0.434 e. The summed E-state index contributed by atoms with van der Waals surface area (Å²) in [5, 5.41) is 6.80. The summed E-state index contributed by atoms with van der Waals surface area (Å²) in [6.45, 7) is 0.735. The molecular formula is C8H16N3O4PS3. The Hall–Kier alpha value is 0.170. The number of carbonyl (C=O) groups is 1. The lowest BCUT2D eigenvalue weighted by Gasteiger charge is -2.13. The van der Waals surface area contributed by atoms with E-state index in [2.05, 4.69) is 20.0 Å². The number of oxime groups is 1. The van der Waals surface area contributed by atoms with Crippen LogP contribution in [-0.2, 0) is 25.7 Å². The van der Waals surface area contributed by atoms with Gasteiger partial charge >= 0.3 is 6.09 Å². The second kappa shape index (κ2) is 9.17. The lowest BCUT2D eigenvalue weighted by molar-refractivity contribution is 0.153. The third kappa shape index (κ3) is 7.50. The monoisotopic (exact) mass is 345 g/mol. The predicted molar refractivity (Wildman–Crippen MR) is 82.9 cm³/mol. The lowest BCUT2D eigenvalue weighted by atomic mass is 10.8. The minimum atomic E-state index is -2.13. The number of hydrogen-bond acceptors (Lipinski definition) is 9. The standard InChI is InChI=1S/C8H16N3O4PS3/c1-7(18-2)11-15-8(12)9-6-19-10-5-16(17)13-3-4-14-16/h10H,3-6H2,1-2H3,(H,9,12). The Morgan fingerprint density at radius 2 is 2.21 bits per heavy atom. The molecule has 0 aromatic heterocycles. The van der Waals surface area contributed by atoms with Crippen molar-refractivity contribution in [1.29, 1.82) is 0 Å². The van der Waals surface area contributed by atoms with Gasteiger partial charge in [0, 0.05) is 0 Å². The fraction of sp³-hybridized carbons (Fsp3) is 0.750. The molecule has 0 bridgehead atoms. The van der Waals surface area contributed by atoms with Gasteiger partial charge in [0.25, 0.3) is 0 Å². The second-order valence-electron chi connectivity index (χ2n) is 3.24. The molecular weight excluding hydrogens is 329 g/mol. The molecule has 0 aromatic carbocycles. The van der Waals surface area contributed by atoms with Crippen molar-refractivity contribution in [1.82, 2.24) is 10.0 Å². The zero-order chi connectivity index (χ0) is 14.1. The zero-order valence-corrected chi connectivity index (χ0v) is 13.9. The first kappa shape index (κ1) is 17.2. The minimum absolute atomic E-state index is 0.335. The van der Waals surface area contributed by atoms with Crippen LogP contribution in [0, 0.1) is 0 Å². The van der Waals surface area contributed by atoms with Crippen molar-refractivity contribution >= 4 is 53.1 Å². The first-order valence-corrected chi connectivity index (χ1v) is 10.4. The molecule has 1 aliphatic heterocycles. The summed E-state index contributed by atoms with van der Waals surface area (Å²) in [6.07, 6.45) is 1.72. The SMILES string of the molecule is CSC(C)=NOC(=O)NCSNCP1(=S)OCCO1. The van der Waals surface area contributed by atoms with Crippen molar-refractivity contribution in [3.8, 4) is 0 Å². The highest BCUT2D eigenvalue weighted by Crippen LogP contribution is 2.51. The van der Waals surface area contributed by atoms with E-state index in [9.17, 15) is 4.79 Å². The van der Waals surface area contributed by atoms with E-state index >= 15 is 0 Å². The quantitative estimate of drug-likeness (QED) is 0.110. The van der Waals surface area contributed by atoms with Crippen LogP contribution in [0.25, 0.3) is 0 Å². The van der Waals surface area contributed by atoms with Crippen molar-refractivity contribution in [3.05, 3.63) is 0 Å². The molecule has 0 atom stereocenters. The Bertz CT molecular complexity index is 372. The van der Waals surface area contributed by atoms with Gasteiger partial charge in [-0.15, -0.1) is 11.8 Å². The third-order valence-corrected chi connectivity index (χ3v) is 6.09. The van der Waals surface area contributed by atoms with E-state index in [1.54, 1.807) is 6.92 Å². The van der Waals surface area contributed by atoms with E-state index < -0.39 is 12.6 Å². The number of thioether (sulfide) groups is 1. The maximum absolute atomic E-state index is 11.2. The van der Waals surface area contributed by atoms with Gasteiger partial charge in [-0.05, 0) is 25.0 Å². The van der Waals surface area contributed by atoms with Crippen LogP contribution in [0.3, 0.4) is 0 Å². The summed E-state index contributed by atoms with van der Waals surface area (Å²) in [7, 11) is 0. The summed E-state index contributed by atoms with van der Waals surface area (Å²) in [6, 6.07) is 0. The summed E-state index contributed by atoms with van der Waals surface area (Å²) >= 11 is 7.91. The average molecular weight is 345 g/mol. The molecule has 110 valence electrons. The van der Waals surface area contributed by atoms with Gasteiger partial charge in [-0.1, -0.05) is 17.1 Å². The second-order valence-corrected chi connectivity index (χ2v) is 8.83. The van der Waals surface area contributed by atoms with Crippen LogP contribution >= 0.6 is 30.2 Å². The number of rotatable bonds is 6. The third-order valence-electron chi connectivity index (χ3n) is 1.86. The van der Waals surface area contributed by atoms with E-state index in [1.165, 1.54) is 23.7 Å². The molecule has 0 aliphatic carbocycles. The molecule has 0 saturated carbocycles. The molecule has 1 aliphatic rings. The summed E-state index contributed by atoms with van der Waals surface area (Å²) in [5.41, 5.74) is 0. The zero-order valence-electron chi connectivity index (χ0n) is 10.6. The Morgan fingerprint density at radius 1 is 1.53 bits per heavy atom. The normalized spacial score (nSPS) is 18.3. The van der Waals surface area contributed by atoms with Crippen LogP contribution in [0.4, 0.5) is 4.79 Å². The molecule has 1 fully saturated rings. The first-order chi connectivity index (χ1) is 9.06. The Labute approximate surface area is 125 Å². The Morgan fingerprint density at radius 3 is 2.84 bits per heavy atom. The molecule has 0 radical (unpaired) electrons. The van der Waals surface area contributed by atoms with Crippen molar-refractivity contribution in [2.45, 2.75) is 6.92 Å². The fourth-order valence-corrected chi connectivity index (χ4v) is 4.21. The molecule has 2 N–H and O–H groups in total. The van der Waals surface area contributed by atoms with Crippen molar-refractivity contribution in [3.63, 3.8) is 0 Å². The van der Waals surface area contributed by atoms with Gasteiger partial charge in [0.15, 0.2) is 0 Å². The molecule has 0 unspecified atom stereocenters. The van der Waals surface area contributed by atoms with Gasteiger partial charge < -0.3 is 14.4 Å².